The summed E-state index contributed by atoms with van der Waals surface area (Å²) in [6.07, 6.45) is 0.729. The van der Waals surface area contributed by atoms with E-state index in [-0.39, 0.29) is 29.5 Å². The van der Waals surface area contributed by atoms with E-state index in [9.17, 15) is 14.7 Å². The zero-order valence-corrected chi connectivity index (χ0v) is 17.5. The fourth-order valence-electron chi connectivity index (χ4n) is 2.60. The molecule has 0 aliphatic rings. The summed E-state index contributed by atoms with van der Waals surface area (Å²) in [5, 5.41) is 16.6. The van der Waals surface area contributed by atoms with Gasteiger partial charge in [0.2, 0.25) is 5.91 Å². The van der Waals surface area contributed by atoms with E-state index in [4.69, 9.17) is 21.1 Å². The second kappa shape index (κ2) is 11.7. The van der Waals surface area contributed by atoms with Gasteiger partial charge in [0.25, 0.3) is 0 Å². The van der Waals surface area contributed by atoms with Gasteiger partial charge in [-0.1, -0.05) is 41.9 Å². The highest BCUT2D eigenvalue weighted by atomic mass is 35.5. The van der Waals surface area contributed by atoms with Crippen molar-refractivity contribution in [3.8, 4) is 11.5 Å². The second-order valence-corrected chi connectivity index (χ2v) is 6.52. The molecule has 0 unspecified atom stereocenters. The van der Waals surface area contributed by atoms with Crippen LogP contribution in [0.15, 0.2) is 47.6 Å². The van der Waals surface area contributed by atoms with Gasteiger partial charge in [0, 0.05) is 0 Å². The van der Waals surface area contributed by atoms with Gasteiger partial charge in [0.05, 0.1) is 36.9 Å². The van der Waals surface area contributed by atoms with E-state index in [1.807, 2.05) is 18.2 Å². The number of benzene rings is 2. The molecule has 8 nitrogen and oxygen atoms in total. The van der Waals surface area contributed by atoms with Crippen molar-refractivity contribution in [2.75, 3.05) is 13.2 Å². The van der Waals surface area contributed by atoms with E-state index in [0.717, 1.165) is 5.56 Å². The molecule has 30 heavy (non-hydrogen) atoms. The lowest BCUT2D eigenvalue weighted by atomic mass is 10.0. The summed E-state index contributed by atoms with van der Waals surface area (Å²) < 4.78 is 10.2. The lowest BCUT2D eigenvalue weighted by molar-refractivity contribution is -0.121. The van der Waals surface area contributed by atoms with E-state index >= 15 is 0 Å². The number of ether oxygens (including phenoxy) is 2. The van der Waals surface area contributed by atoms with Crippen molar-refractivity contribution in [2.24, 2.45) is 5.10 Å². The topological polar surface area (TPSA) is 109 Å². The molecule has 0 spiro atoms. The molecule has 160 valence electrons. The molecule has 0 aliphatic heterocycles. The van der Waals surface area contributed by atoms with Crippen molar-refractivity contribution in [1.82, 2.24) is 10.7 Å². The Morgan fingerprint density at radius 3 is 2.60 bits per heavy atom. The van der Waals surface area contributed by atoms with Gasteiger partial charge >= 0.3 is 6.09 Å². The van der Waals surface area contributed by atoms with Crippen LogP contribution in [-0.4, -0.2) is 36.5 Å². The molecule has 0 aromatic heterocycles. The number of carbonyl (C=O) groups excluding carboxylic acids is 2. The number of nitrogens with one attached hydrogen (secondary N) is 2. The minimum Gasteiger partial charge on any atom is -0.503 e. The number of amides is 2. The van der Waals surface area contributed by atoms with E-state index in [1.165, 1.54) is 12.3 Å². The highest BCUT2D eigenvalue weighted by Gasteiger charge is 2.18. The van der Waals surface area contributed by atoms with Crippen molar-refractivity contribution in [2.45, 2.75) is 26.3 Å². The molecule has 9 heteroatoms. The Morgan fingerprint density at radius 1 is 1.20 bits per heavy atom. The number of hydrogen-bond acceptors (Lipinski definition) is 6. The summed E-state index contributed by atoms with van der Waals surface area (Å²) in [6, 6.07) is 11.6. The summed E-state index contributed by atoms with van der Waals surface area (Å²) in [5.41, 5.74) is 3.71. The summed E-state index contributed by atoms with van der Waals surface area (Å²) in [7, 11) is 0. The molecule has 2 rings (SSSR count). The number of aromatic hydroxyl groups is 1. The van der Waals surface area contributed by atoms with Gasteiger partial charge in [0.15, 0.2) is 11.5 Å². The van der Waals surface area contributed by atoms with Crippen molar-refractivity contribution in [3.63, 3.8) is 0 Å². The Hall–Kier alpha value is -3.26. The molecule has 0 saturated heterocycles. The highest BCUT2D eigenvalue weighted by molar-refractivity contribution is 6.32. The standard InChI is InChI=1S/C21H24ClN3O5/c1-3-29-18-11-14(10-16(22)20(18)27)13-23-25-19(26)12-17(24-21(28)30-4-2)15-8-6-5-7-9-15/h5-11,13,17,27H,3-4,12H2,1-2H3,(H,24,28)(H,25,26)/b23-13-/t17-/m0/s1. The Morgan fingerprint density at radius 2 is 1.93 bits per heavy atom. The van der Waals surface area contributed by atoms with E-state index in [0.29, 0.717) is 12.2 Å². The van der Waals surface area contributed by atoms with Gasteiger partial charge in [-0.05, 0) is 37.1 Å². The number of hydrazone groups is 1. The van der Waals surface area contributed by atoms with E-state index in [2.05, 4.69) is 15.8 Å². The molecule has 0 radical (unpaired) electrons. The van der Waals surface area contributed by atoms with Gasteiger partial charge in [0.1, 0.15) is 0 Å². The minimum absolute atomic E-state index is 0.0410. The van der Waals surface area contributed by atoms with Crippen LogP contribution in [0.25, 0.3) is 0 Å². The Bertz CT molecular complexity index is 890. The quantitative estimate of drug-likeness (QED) is 0.412. The molecule has 2 aromatic carbocycles. The molecule has 2 aromatic rings. The van der Waals surface area contributed by atoms with Crippen LogP contribution in [0.2, 0.25) is 5.02 Å². The van der Waals surface area contributed by atoms with Crippen molar-refractivity contribution >= 4 is 29.8 Å². The third-order valence-corrected chi connectivity index (χ3v) is 4.20. The number of phenolic OH excluding ortho intramolecular Hbond substituents is 1. The first-order chi connectivity index (χ1) is 14.4. The first kappa shape index (κ1) is 23.0. The lowest BCUT2D eigenvalue weighted by Crippen LogP contribution is -2.33. The zero-order valence-electron chi connectivity index (χ0n) is 16.7. The maximum absolute atomic E-state index is 12.3. The third kappa shape index (κ3) is 6.97. The molecule has 3 N–H and O–H groups in total. The summed E-state index contributed by atoms with van der Waals surface area (Å²) in [6.45, 7) is 4.06. The molecular formula is C21H24ClN3O5. The first-order valence-corrected chi connectivity index (χ1v) is 9.77. The lowest BCUT2D eigenvalue weighted by Gasteiger charge is -2.18. The summed E-state index contributed by atoms with van der Waals surface area (Å²) in [4.78, 5) is 24.2. The number of hydrogen-bond donors (Lipinski definition) is 3. The third-order valence-electron chi connectivity index (χ3n) is 3.91. The van der Waals surface area contributed by atoms with Crippen molar-refractivity contribution in [3.05, 3.63) is 58.6 Å². The average molecular weight is 434 g/mol. The van der Waals surface area contributed by atoms with Crippen LogP contribution in [0.4, 0.5) is 4.79 Å². The molecule has 1 atom stereocenters. The summed E-state index contributed by atoms with van der Waals surface area (Å²) >= 11 is 5.98. The van der Waals surface area contributed by atoms with Crippen LogP contribution in [0.3, 0.4) is 0 Å². The van der Waals surface area contributed by atoms with Gasteiger partial charge < -0.3 is 19.9 Å². The van der Waals surface area contributed by atoms with E-state index in [1.54, 1.807) is 32.0 Å². The van der Waals surface area contributed by atoms with Crippen LogP contribution in [0.5, 0.6) is 11.5 Å². The monoisotopic (exact) mass is 433 g/mol. The van der Waals surface area contributed by atoms with Crippen LogP contribution in [-0.2, 0) is 9.53 Å². The van der Waals surface area contributed by atoms with Crippen LogP contribution in [0.1, 0.15) is 37.4 Å². The zero-order chi connectivity index (χ0) is 21.9. The number of phenols is 1. The maximum atomic E-state index is 12.3. The second-order valence-electron chi connectivity index (χ2n) is 6.11. The number of alkyl carbamates (subject to hydrolysis) is 1. The SMILES string of the molecule is CCOC(=O)N[C@@H](CC(=O)N/N=C\c1cc(Cl)c(O)c(OCC)c1)c1ccccc1. The molecule has 0 fully saturated rings. The number of rotatable bonds is 9. The molecule has 0 saturated carbocycles. The normalized spacial score (nSPS) is 11.7. The molecule has 0 aliphatic carbocycles. The van der Waals surface area contributed by atoms with Crippen molar-refractivity contribution in [1.29, 1.82) is 0 Å². The van der Waals surface area contributed by atoms with Gasteiger partial charge in [-0.2, -0.15) is 5.10 Å². The average Bonchev–Trinajstić information content (AvgIpc) is 2.72. The van der Waals surface area contributed by atoms with Gasteiger partial charge in [-0.3, -0.25) is 4.79 Å². The molecule has 0 bridgehead atoms. The molecular weight excluding hydrogens is 410 g/mol. The summed E-state index contributed by atoms with van der Waals surface area (Å²) in [5.74, 6) is -0.345. The molecule has 0 heterocycles. The Labute approximate surface area is 179 Å². The number of carbonyl (C=O) groups is 2. The predicted octanol–water partition coefficient (Wildman–Crippen LogP) is 3.77. The fraction of sp³-hybridized carbons (Fsp3) is 0.286. The largest absolute Gasteiger partial charge is 0.503 e. The first-order valence-electron chi connectivity index (χ1n) is 9.40. The van der Waals surface area contributed by atoms with Crippen molar-refractivity contribution < 1.29 is 24.2 Å². The Balaban J connectivity index is 2.04. The van der Waals surface area contributed by atoms with E-state index < -0.39 is 18.0 Å². The fourth-order valence-corrected chi connectivity index (χ4v) is 2.82. The maximum Gasteiger partial charge on any atom is 0.407 e. The Kier molecular flexibility index (Phi) is 8.96. The smallest absolute Gasteiger partial charge is 0.407 e. The molecule has 2 amide bonds. The highest BCUT2D eigenvalue weighted by Crippen LogP contribution is 2.34. The minimum atomic E-state index is -0.607. The predicted molar refractivity (Wildman–Crippen MR) is 114 cm³/mol. The van der Waals surface area contributed by atoms with Gasteiger partial charge in [-0.25, -0.2) is 10.2 Å². The number of nitrogens with zero attached hydrogens (tertiary/aromatic N) is 1. The van der Waals surface area contributed by atoms with Gasteiger partial charge in [-0.15, -0.1) is 0 Å². The van der Waals surface area contributed by atoms with Crippen LogP contribution < -0.4 is 15.5 Å². The van der Waals surface area contributed by atoms with Crippen LogP contribution >= 0.6 is 11.6 Å². The van der Waals surface area contributed by atoms with Crippen LogP contribution in [0, 0.1) is 0 Å². The number of halogens is 1.